The molecule has 0 fully saturated rings. The molecule has 112 valence electrons. The molecule has 0 saturated heterocycles. The molecular formula is C16H15N3O2S. The van der Waals surface area contributed by atoms with E-state index in [1.54, 1.807) is 6.26 Å². The molecular weight excluding hydrogens is 298 g/mol. The van der Waals surface area contributed by atoms with E-state index in [2.05, 4.69) is 10.5 Å². The highest BCUT2D eigenvalue weighted by molar-refractivity contribution is 7.80. The fourth-order valence-corrected chi connectivity index (χ4v) is 2.50. The lowest BCUT2D eigenvalue weighted by molar-refractivity contribution is 0.306. The number of fused-ring (bicyclic) bond motifs is 1. The summed E-state index contributed by atoms with van der Waals surface area (Å²) >= 11 is 5.47. The van der Waals surface area contributed by atoms with Crippen LogP contribution in [0.15, 0.2) is 59.3 Å². The Labute approximate surface area is 133 Å². The lowest BCUT2D eigenvalue weighted by Gasteiger charge is -2.25. The number of aliphatic hydroxyl groups is 1. The first-order chi connectivity index (χ1) is 10.8. The quantitative estimate of drug-likeness (QED) is 0.722. The van der Waals surface area contributed by atoms with E-state index in [9.17, 15) is 5.11 Å². The standard InChI is InChI=1S/C16H15N3O2S/c20-9-8-19(14-4-2-1-3-5-14)16(22)17-13-7-6-12-11-21-18-15(12)10-13/h1-7,10-11,20H,8-9H2,(H,17,22). The van der Waals surface area contributed by atoms with E-state index in [4.69, 9.17) is 16.7 Å². The van der Waals surface area contributed by atoms with Gasteiger partial charge in [-0.25, -0.2) is 0 Å². The van der Waals surface area contributed by atoms with E-state index in [1.807, 2.05) is 53.4 Å². The highest BCUT2D eigenvalue weighted by Gasteiger charge is 2.12. The highest BCUT2D eigenvalue weighted by Crippen LogP contribution is 2.19. The van der Waals surface area contributed by atoms with Crippen molar-refractivity contribution in [2.45, 2.75) is 0 Å². The lowest BCUT2D eigenvalue weighted by Crippen LogP contribution is -2.36. The summed E-state index contributed by atoms with van der Waals surface area (Å²) in [4.78, 5) is 1.85. The highest BCUT2D eigenvalue weighted by atomic mass is 32.1. The van der Waals surface area contributed by atoms with Crippen LogP contribution >= 0.6 is 12.2 Å². The zero-order valence-corrected chi connectivity index (χ0v) is 12.6. The van der Waals surface area contributed by atoms with Gasteiger partial charge in [-0.05, 0) is 42.5 Å². The average molecular weight is 313 g/mol. The molecule has 3 rings (SSSR count). The molecule has 0 saturated carbocycles. The Morgan fingerprint density at radius 3 is 2.82 bits per heavy atom. The van der Waals surface area contributed by atoms with E-state index in [1.165, 1.54) is 0 Å². The number of benzene rings is 2. The van der Waals surface area contributed by atoms with Gasteiger partial charge in [0.05, 0.1) is 6.61 Å². The average Bonchev–Trinajstić information content (AvgIpc) is 3.01. The smallest absolute Gasteiger partial charge is 0.178 e. The van der Waals surface area contributed by atoms with Crippen molar-refractivity contribution in [3.8, 4) is 0 Å². The molecule has 5 nitrogen and oxygen atoms in total. The molecule has 0 bridgehead atoms. The molecule has 0 aliphatic heterocycles. The van der Waals surface area contributed by atoms with E-state index in [0.717, 1.165) is 22.3 Å². The van der Waals surface area contributed by atoms with E-state index in [-0.39, 0.29) is 6.61 Å². The molecule has 6 heteroatoms. The number of rotatable bonds is 4. The van der Waals surface area contributed by atoms with Crippen molar-refractivity contribution < 1.29 is 9.63 Å². The molecule has 0 spiro atoms. The summed E-state index contributed by atoms with van der Waals surface area (Å²) in [5.41, 5.74) is 2.52. The predicted octanol–water partition coefficient (Wildman–Crippen LogP) is 3.02. The van der Waals surface area contributed by atoms with Crippen LogP contribution in [0.5, 0.6) is 0 Å². The number of hydrogen-bond donors (Lipinski definition) is 2. The fraction of sp³-hybridized carbons (Fsp3) is 0.125. The molecule has 0 aliphatic carbocycles. The molecule has 22 heavy (non-hydrogen) atoms. The SMILES string of the molecule is OCCN(C(=S)Nc1ccc2conc2c1)c1ccccc1. The Kier molecular flexibility index (Phi) is 4.32. The first-order valence-corrected chi connectivity index (χ1v) is 7.27. The summed E-state index contributed by atoms with van der Waals surface area (Å²) in [7, 11) is 0. The van der Waals surface area contributed by atoms with Gasteiger partial charge >= 0.3 is 0 Å². The third-order valence-electron chi connectivity index (χ3n) is 3.25. The Morgan fingerprint density at radius 1 is 1.23 bits per heavy atom. The van der Waals surface area contributed by atoms with Crippen molar-refractivity contribution in [2.24, 2.45) is 0 Å². The number of thiocarbonyl (C=S) groups is 1. The van der Waals surface area contributed by atoms with Crippen molar-refractivity contribution in [1.82, 2.24) is 5.16 Å². The molecule has 1 heterocycles. The maximum Gasteiger partial charge on any atom is 0.178 e. The minimum absolute atomic E-state index is 0.0129. The monoisotopic (exact) mass is 313 g/mol. The van der Waals surface area contributed by atoms with Crippen LogP contribution in [0.4, 0.5) is 11.4 Å². The number of para-hydroxylation sites is 1. The Morgan fingerprint density at radius 2 is 2.05 bits per heavy atom. The van der Waals surface area contributed by atoms with Gasteiger partial charge in [0.1, 0.15) is 11.8 Å². The summed E-state index contributed by atoms with van der Waals surface area (Å²) in [6.45, 7) is 0.432. The van der Waals surface area contributed by atoms with Crippen LogP contribution in [0.3, 0.4) is 0 Å². The minimum atomic E-state index is 0.0129. The lowest BCUT2D eigenvalue weighted by atomic mass is 10.2. The number of anilines is 2. The Balaban J connectivity index is 1.81. The van der Waals surface area contributed by atoms with Gasteiger partial charge in [0.15, 0.2) is 5.11 Å². The molecule has 3 aromatic rings. The summed E-state index contributed by atoms with van der Waals surface area (Å²) in [5, 5.41) is 17.8. The summed E-state index contributed by atoms with van der Waals surface area (Å²) in [6, 6.07) is 15.4. The number of nitrogens with zero attached hydrogens (tertiary/aromatic N) is 2. The molecule has 0 unspecified atom stereocenters. The predicted molar refractivity (Wildman–Crippen MR) is 91.1 cm³/mol. The first-order valence-electron chi connectivity index (χ1n) is 6.86. The van der Waals surface area contributed by atoms with Crippen LogP contribution in [-0.2, 0) is 0 Å². The van der Waals surface area contributed by atoms with Crippen LogP contribution in [0.1, 0.15) is 0 Å². The molecule has 0 atom stereocenters. The van der Waals surface area contributed by atoms with E-state index in [0.29, 0.717) is 11.7 Å². The van der Waals surface area contributed by atoms with Crippen LogP contribution in [0.2, 0.25) is 0 Å². The zero-order chi connectivity index (χ0) is 15.4. The maximum absolute atomic E-state index is 9.28. The number of aromatic nitrogens is 1. The second kappa shape index (κ2) is 6.55. The van der Waals surface area contributed by atoms with Gasteiger partial charge in [0.25, 0.3) is 0 Å². The fourth-order valence-electron chi connectivity index (χ4n) is 2.19. The van der Waals surface area contributed by atoms with E-state index >= 15 is 0 Å². The van der Waals surface area contributed by atoms with Gasteiger partial charge in [-0.2, -0.15) is 0 Å². The number of aliphatic hydroxyl groups excluding tert-OH is 1. The second-order valence-corrected chi connectivity index (χ2v) is 5.12. The number of nitrogens with one attached hydrogen (secondary N) is 1. The molecule has 0 amide bonds. The van der Waals surface area contributed by atoms with Gasteiger partial charge in [-0.15, -0.1) is 0 Å². The Hall–Kier alpha value is -2.44. The number of hydrogen-bond acceptors (Lipinski definition) is 4. The molecule has 1 aromatic heterocycles. The first kappa shape index (κ1) is 14.5. The summed E-state index contributed by atoms with van der Waals surface area (Å²) < 4.78 is 4.93. The van der Waals surface area contributed by atoms with Crippen molar-refractivity contribution >= 4 is 39.6 Å². The molecule has 0 radical (unpaired) electrons. The summed E-state index contributed by atoms with van der Waals surface area (Å²) in [6.07, 6.45) is 1.60. The molecule has 0 aliphatic rings. The topological polar surface area (TPSA) is 61.5 Å². The third kappa shape index (κ3) is 3.08. The van der Waals surface area contributed by atoms with E-state index < -0.39 is 0 Å². The van der Waals surface area contributed by atoms with Crippen LogP contribution in [0, 0.1) is 0 Å². The molecule has 2 N–H and O–H groups in total. The van der Waals surface area contributed by atoms with Gasteiger partial charge in [0.2, 0.25) is 0 Å². The van der Waals surface area contributed by atoms with Crippen LogP contribution in [-0.4, -0.2) is 28.5 Å². The minimum Gasteiger partial charge on any atom is -0.395 e. The van der Waals surface area contributed by atoms with Gasteiger partial charge in [0, 0.05) is 23.3 Å². The van der Waals surface area contributed by atoms with Crippen molar-refractivity contribution in [3.63, 3.8) is 0 Å². The maximum atomic E-state index is 9.28. The summed E-state index contributed by atoms with van der Waals surface area (Å²) in [5.74, 6) is 0. The third-order valence-corrected chi connectivity index (χ3v) is 3.57. The largest absolute Gasteiger partial charge is 0.395 e. The van der Waals surface area contributed by atoms with Gasteiger partial charge < -0.3 is 19.8 Å². The van der Waals surface area contributed by atoms with Crippen molar-refractivity contribution in [2.75, 3.05) is 23.4 Å². The van der Waals surface area contributed by atoms with Gasteiger partial charge in [-0.3, -0.25) is 0 Å². The molecule has 2 aromatic carbocycles. The van der Waals surface area contributed by atoms with Crippen LogP contribution < -0.4 is 10.2 Å². The van der Waals surface area contributed by atoms with Crippen molar-refractivity contribution in [1.29, 1.82) is 0 Å². The van der Waals surface area contributed by atoms with Crippen molar-refractivity contribution in [3.05, 3.63) is 54.8 Å². The zero-order valence-electron chi connectivity index (χ0n) is 11.8. The normalized spacial score (nSPS) is 10.6. The van der Waals surface area contributed by atoms with Gasteiger partial charge in [-0.1, -0.05) is 23.4 Å². The van der Waals surface area contributed by atoms with Crippen LogP contribution in [0.25, 0.3) is 10.9 Å². The second-order valence-electron chi connectivity index (χ2n) is 4.73. The Bertz CT molecular complexity index is 773.